The molecule has 2 rings (SSSR count). The lowest BCUT2D eigenvalue weighted by atomic mass is 10.1. The number of esters is 1. The van der Waals surface area contributed by atoms with Gasteiger partial charge in [-0.05, 0) is 47.6 Å². The molecule has 0 aliphatic carbocycles. The van der Waals surface area contributed by atoms with Gasteiger partial charge in [-0.2, -0.15) is 0 Å². The molecule has 31 heavy (non-hydrogen) atoms. The molecule has 1 N–H and O–H groups in total. The molecule has 1 fully saturated rings. The minimum Gasteiger partial charge on any atom is -0.488 e. The third-order valence-electron chi connectivity index (χ3n) is 4.31. The van der Waals surface area contributed by atoms with E-state index in [1.165, 1.54) is 23.1 Å². The first-order chi connectivity index (χ1) is 14.2. The molecule has 1 aliphatic heterocycles. The second-order valence-corrected chi connectivity index (χ2v) is 9.34. The highest BCUT2D eigenvalue weighted by molar-refractivity contribution is 5.82. The van der Waals surface area contributed by atoms with E-state index in [9.17, 15) is 19.7 Å². The van der Waals surface area contributed by atoms with E-state index in [-0.39, 0.29) is 18.7 Å². The average molecular weight is 437 g/mol. The molecule has 1 aromatic rings. The molecule has 1 aliphatic rings. The van der Waals surface area contributed by atoms with Crippen molar-refractivity contribution >= 4 is 23.4 Å². The standard InChI is InChI=1S/C21H31N3O7/c1-20(2,3)30-18(25)17-11-14(12-23(17)19(26)31-21(4,5)6)29-13-8-9-16(24(27)28)15(10-13)22-7/h8-10,14,17,22H,11-12H2,1-7H3. The number of anilines is 1. The van der Waals surface area contributed by atoms with E-state index >= 15 is 0 Å². The molecular formula is C21H31N3O7. The van der Waals surface area contributed by atoms with E-state index in [1.54, 1.807) is 48.6 Å². The summed E-state index contributed by atoms with van der Waals surface area (Å²) in [6, 6.07) is 3.47. The van der Waals surface area contributed by atoms with Crippen molar-refractivity contribution in [1.29, 1.82) is 0 Å². The maximum atomic E-state index is 12.7. The third kappa shape index (κ3) is 6.73. The maximum absolute atomic E-state index is 12.7. The number of nitro benzene ring substituents is 1. The SMILES string of the molecule is CNc1cc(OC2CC(C(=O)OC(C)(C)C)N(C(=O)OC(C)(C)C)C2)ccc1[N+](=O)[O-]. The number of nitrogens with one attached hydrogen (secondary N) is 1. The summed E-state index contributed by atoms with van der Waals surface area (Å²) >= 11 is 0. The van der Waals surface area contributed by atoms with Crippen molar-refractivity contribution in [2.45, 2.75) is 71.3 Å². The van der Waals surface area contributed by atoms with Crippen LogP contribution in [0.2, 0.25) is 0 Å². The highest BCUT2D eigenvalue weighted by Crippen LogP contribution is 2.32. The van der Waals surface area contributed by atoms with Gasteiger partial charge in [0.1, 0.15) is 34.8 Å². The van der Waals surface area contributed by atoms with Crippen molar-refractivity contribution in [3.8, 4) is 5.75 Å². The minimum absolute atomic E-state index is 0.0803. The molecule has 0 saturated carbocycles. The Morgan fingerprint density at radius 1 is 1.13 bits per heavy atom. The first-order valence-electron chi connectivity index (χ1n) is 10.1. The predicted octanol–water partition coefficient (Wildman–Crippen LogP) is 3.74. The maximum Gasteiger partial charge on any atom is 0.411 e. The fourth-order valence-corrected chi connectivity index (χ4v) is 3.14. The molecule has 0 radical (unpaired) electrons. The zero-order valence-electron chi connectivity index (χ0n) is 19.1. The number of amides is 1. The summed E-state index contributed by atoms with van der Waals surface area (Å²) in [4.78, 5) is 37.4. The quantitative estimate of drug-likeness (QED) is 0.420. The van der Waals surface area contributed by atoms with Crippen molar-refractivity contribution in [2.24, 2.45) is 0 Å². The monoisotopic (exact) mass is 437 g/mol. The van der Waals surface area contributed by atoms with Crippen LogP contribution in [0.25, 0.3) is 0 Å². The Morgan fingerprint density at radius 2 is 1.74 bits per heavy atom. The van der Waals surface area contributed by atoms with Crippen LogP contribution in [0.4, 0.5) is 16.2 Å². The molecule has 0 aromatic heterocycles. The van der Waals surface area contributed by atoms with Gasteiger partial charge in [0.15, 0.2) is 0 Å². The van der Waals surface area contributed by atoms with Crippen LogP contribution < -0.4 is 10.1 Å². The minimum atomic E-state index is -0.860. The van der Waals surface area contributed by atoms with Crippen molar-refractivity contribution in [2.75, 3.05) is 18.9 Å². The highest BCUT2D eigenvalue weighted by Gasteiger charge is 2.44. The molecule has 0 bridgehead atoms. The topological polar surface area (TPSA) is 120 Å². The number of benzene rings is 1. The number of hydrogen-bond acceptors (Lipinski definition) is 8. The van der Waals surface area contributed by atoms with Crippen molar-refractivity contribution in [1.82, 2.24) is 4.90 Å². The fraction of sp³-hybridized carbons (Fsp3) is 0.619. The zero-order chi connectivity index (χ0) is 23.6. The Hall–Kier alpha value is -3.04. The Bertz CT molecular complexity index is 806. The number of nitrogens with zero attached hydrogens (tertiary/aromatic N) is 2. The van der Waals surface area contributed by atoms with Gasteiger partial charge in [0.05, 0.1) is 11.5 Å². The van der Waals surface area contributed by atoms with Gasteiger partial charge in [-0.3, -0.25) is 15.0 Å². The second kappa shape index (κ2) is 8.99. The van der Waals surface area contributed by atoms with Crippen LogP contribution >= 0.6 is 0 Å². The van der Waals surface area contributed by atoms with E-state index < -0.39 is 40.3 Å². The number of ether oxygens (including phenoxy) is 3. The summed E-state index contributed by atoms with van der Waals surface area (Å²) in [5.41, 5.74) is -1.22. The van der Waals surface area contributed by atoms with E-state index in [1.807, 2.05) is 0 Å². The molecule has 1 aromatic carbocycles. The molecule has 0 spiro atoms. The molecule has 2 atom stereocenters. The molecule has 172 valence electrons. The van der Waals surface area contributed by atoms with Crippen LogP contribution in [0.5, 0.6) is 5.75 Å². The number of nitro groups is 1. The number of rotatable bonds is 5. The summed E-state index contributed by atoms with van der Waals surface area (Å²) in [6.07, 6.45) is -0.940. The first kappa shape index (κ1) is 24.2. The first-order valence-corrected chi connectivity index (χ1v) is 10.1. The van der Waals surface area contributed by atoms with Gasteiger partial charge >= 0.3 is 12.1 Å². The van der Waals surface area contributed by atoms with Crippen LogP contribution in [-0.4, -0.2) is 58.8 Å². The second-order valence-electron chi connectivity index (χ2n) is 9.34. The third-order valence-corrected chi connectivity index (χ3v) is 4.31. The van der Waals surface area contributed by atoms with Gasteiger partial charge in [0.25, 0.3) is 5.69 Å². The van der Waals surface area contributed by atoms with Gasteiger partial charge in [0.2, 0.25) is 0 Å². The number of carbonyl (C=O) groups is 2. The van der Waals surface area contributed by atoms with Gasteiger partial charge in [0, 0.05) is 25.6 Å². The van der Waals surface area contributed by atoms with E-state index in [0.717, 1.165) is 0 Å². The number of hydrogen-bond donors (Lipinski definition) is 1. The lowest BCUT2D eigenvalue weighted by Crippen LogP contribution is -2.45. The lowest BCUT2D eigenvalue weighted by molar-refractivity contribution is -0.384. The molecule has 1 saturated heterocycles. The molecule has 1 amide bonds. The molecule has 1 heterocycles. The van der Waals surface area contributed by atoms with Crippen molar-refractivity contribution in [3.05, 3.63) is 28.3 Å². The van der Waals surface area contributed by atoms with Crippen LogP contribution in [0.3, 0.4) is 0 Å². The summed E-state index contributed by atoms with van der Waals surface area (Å²) < 4.78 is 16.9. The summed E-state index contributed by atoms with van der Waals surface area (Å²) in [5, 5.41) is 13.9. The van der Waals surface area contributed by atoms with Crippen LogP contribution in [0.1, 0.15) is 48.0 Å². The van der Waals surface area contributed by atoms with Crippen molar-refractivity contribution < 1.29 is 28.7 Å². The predicted molar refractivity (Wildman–Crippen MR) is 114 cm³/mol. The largest absolute Gasteiger partial charge is 0.488 e. The average Bonchev–Trinajstić information content (AvgIpc) is 3.02. The van der Waals surface area contributed by atoms with Gasteiger partial charge in [-0.1, -0.05) is 0 Å². The lowest BCUT2D eigenvalue weighted by Gasteiger charge is -2.29. The van der Waals surface area contributed by atoms with Gasteiger partial charge in [-0.15, -0.1) is 0 Å². The highest BCUT2D eigenvalue weighted by atomic mass is 16.6. The molecule has 10 nitrogen and oxygen atoms in total. The van der Waals surface area contributed by atoms with Crippen molar-refractivity contribution in [3.63, 3.8) is 0 Å². The normalized spacial score (nSPS) is 19.0. The summed E-state index contributed by atoms with van der Waals surface area (Å²) in [6.45, 7) is 10.6. The molecular weight excluding hydrogens is 406 g/mol. The van der Waals surface area contributed by atoms with E-state index in [0.29, 0.717) is 11.4 Å². The van der Waals surface area contributed by atoms with Gasteiger partial charge in [-0.25, -0.2) is 9.59 Å². The Morgan fingerprint density at radius 3 is 2.26 bits per heavy atom. The molecule has 10 heteroatoms. The van der Waals surface area contributed by atoms with E-state index in [2.05, 4.69) is 5.32 Å². The molecule has 2 unspecified atom stereocenters. The number of carbonyl (C=O) groups excluding carboxylic acids is 2. The fourth-order valence-electron chi connectivity index (χ4n) is 3.14. The van der Waals surface area contributed by atoms with Crippen LogP contribution in [-0.2, 0) is 14.3 Å². The van der Waals surface area contributed by atoms with Crippen LogP contribution in [0.15, 0.2) is 18.2 Å². The zero-order valence-corrected chi connectivity index (χ0v) is 19.1. The Kier molecular flexibility index (Phi) is 7.03. The Labute approximate surface area is 182 Å². The van der Waals surface area contributed by atoms with Crippen LogP contribution in [0, 0.1) is 10.1 Å². The summed E-state index contributed by atoms with van der Waals surface area (Å²) in [5.74, 6) is -0.155. The summed E-state index contributed by atoms with van der Waals surface area (Å²) in [7, 11) is 1.57. The Balaban J connectivity index is 2.23. The smallest absolute Gasteiger partial charge is 0.411 e. The number of likely N-dealkylation sites (tertiary alicyclic amines) is 1. The van der Waals surface area contributed by atoms with Gasteiger partial charge < -0.3 is 19.5 Å². The van der Waals surface area contributed by atoms with E-state index in [4.69, 9.17) is 14.2 Å².